The van der Waals surface area contributed by atoms with Crippen molar-refractivity contribution in [1.29, 1.82) is 0 Å². The highest BCUT2D eigenvalue weighted by Gasteiger charge is 2.40. The van der Waals surface area contributed by atoms with Crippen LogP contribution in [0.5, 0.6) is 0 Å². The van der Waals surface area contributed by atoms with E-state index in [0.29, 0.717) is 16.8 Å². The van der Waals surface area contributed by atoms with Crippen LogP contribution in [0, 0.1) is 5.92 Å². The molecule has 0 aromatic carbocycles. The number of carbonyl (C=O) groups excluding carboxylic acids is 2. The number of amides is 2. The van der Waals surface area contributed by atoms with Crippen LogP contribution in [0.4, 0.5) is 0 Å². The molecule has 2 unspecified atom stereocenters. The number of hydrogen-bond donors (Lipinski definition) is 2. The lowest BCUT2D eigenvalue weighted by Gasteiger charge is -2.26. The molecule has 0 spiro atoms. The predicted molar refractivity (Wildman–Crippen MR) is 103 cm³/mol. The van der Waals surface area contributed by atoms with Gasteiger partial charge in [-0.3, -0.25) is 14.9 Å². The van der Waals surface area contributed by atoms with Gasteiger partial charge in [0.1, 0.15) is 4.83 Å². The van der Waals surface area contributed by atoms with E-state index in [1.807, 2.05) is 35.8 Å². The Balaban J connectivity index is 1.76. The number of nitrogens with zero attached hydrogens (tertiary/aromatic N) is 2. The molecule has 2 N–H and O–H groups in total. The first-order chi connectivity index (χ1) is 12.6. The fourth-order valence-corrected chi connectivity index (χ4v) is 4.51. The number of thiophene rings is 1. The summed E-state index contributed by atoms with van der Waals surface area (Å²) in [6.07, 6.45) is 9.35. The van der Waals surface area contributed by atoms with Gasteiger partial charge in [0, 0.05) is 23.1 Å². The van der Waals surface area contributed by atoms with Crippen molar-refractivity contribution in [1.82, 2.24) is 10.3 Å². The van der Waals surface area contributed by atoms with Gasteiger partial charge in [-0.25, -0.2) is 9.98 Å². The van der Waals surface area contributed by atoms with Crippen molar-refractivity contribution in [2.24, 2.45) is 15.9 Å². The zero-order valence-corrected chi connectivity index (χ0v) is 14.8. The van der Waals surface area contributed by atoms with Gasteiger partial charge in [-0.2, -0.15) is 0 Å². The number of nitrogens with one attached hydrogen (secondary N) is 2. The molecule has 5 rings (SSSR count). The number of aromatic nitrogens is 1. The van der Waals surface area contributed by atoms with Gasteiger partial charge in [0.25, 0.3) is 11.8 Å². The minimum absolute atomic E-state index is 0.0787. The summed E-state index contributed by atoms with van der Waals surface area (Å²) in [6, 6.07) is 1.69. The number of fused-ring (bicyclic) bond motifs is 2. The number of allylic oxidation sites excluding steroid dienone is 2. The molecule has 0 radical (unpaired) electrons. The number of rotatable bonds is 2. The third-order valence-corrected chi connectivity index (χ3v) is 5.68. The first kappa shape index (κ1) is 15.5. The Hall–Kier alpha value is -2.77. The van der Waals surface area contributed by atoms with Gasteiger partial charge < -0.3 is 4.98 Å². The van der Waals surface area contributed by atoms with E-state index in [1.165, 1.54) is 11.3 Å². The van der Waals surface area contributed by atoms with Crippen LogP contribution in [-0.2, 0) is 9.59 Å². The lowest BCUT2D eigenvalue weighted by molar-refractivity contribution is -0.123. The Morgan fingerprint density at radius 2 is 1.92 bits per heavy atom. The summed E-state index contributed by atoms with van der Waals surface area (Å²) >= 11 is 7.64. The summed E-state index contributed by atoms with van der Waals surface area (Å²) < 4.78 is 0. The molecule has 2 aromatic heterocycles. The molecule has 3 aliphatic rings. The average Bonchev–Trinajstić information content (AvgIpc) is 3.29. The van der Waals surface area contributed by atoms with E-state index in [1.54, 1.807) is 6.20 Å². The summed E-state index contributed by atoms with van der Waals surface area (Å²) in [5.41, 5.74) is 1.75. The Bertz CT molecular complexity index is 1130. The van der Waals surface area contributed by atoms with Gasteiger partial charge in [-0.15, -0.1) is 11.3 Å². The Labute approximate surface area is 156 Å². The summed E-state index contributed by atoms with van der Waals surface area (Å²) in [4.78, 5) is 38.0. The molecule has 2 aliphatic heterocycles. The third-order valence-electron chi connectivity index (χ3n) is 4.65. The van der Waals surface area contributed by atoms with Crippen molar-refractivity contribution in [2.75, 3.05) is 0 Å². The third kappa shape index (κ3) is 2.17. The summed E-state index contributed by atoms with van der Waals surface area (Å²) in [7, 11) is 0. The van der Waals surface area contributed by atoms with Crippen molar-refractivity contribution in [2.45, 2.75) is 6.04 Å². The number of carbonyl (C=O) groups is 2. The normalized spacial score (nSPS) is 24.8. The highest BCUT2D eigenvalue weighted by molar-refractivity contribution is 7.16. The number of imide groups is 1. The average molecular weight is 383 g/mol. The van der Waals surface area contributed by atoms with Crippen LogP contribution in [0.25, 0.3) is 15.8 Å². The van der Waals surface area contributed by atoms with E-state index in [4.69, 9.17) is 11.6 Å². The SMILES string of the molecule is O=C1NC(=O)C(c2c[nH]c3sccc23)=C1C1=NC(Cl)=NC2C=CC=CC12. The van der Waals surface area contributed by atoms with Gasteiger partial charge >= 0.3 is 0 Å². The summed E-state index contributed by atoms with van der Waals surface area (Å²) in [5.74, 6) is -1.12. The molecule has 6 nitrogen and oxygen atoms in total. The smallest absolute Gasteiger partial charge is 0.260 e. The number of H-pyrrole nitrogens is 1. The van der Waals surface area contributed by atoms with Gasteiger partial charge in [-0.05, 0) is 23.0 Å². The van der Waals surface area contributed by atoms with Crippen LogP contribution >= 0.6 is 22.9 Å². The molecule has 1 aliphatic carbocycles. The molecule has 2 aromatic rings. The second-order valence-electron chi connectivity index (χ2n) is 6.08. The van der Waals surface area contributed by atoms with E-state index in [-0.39, 0.29) is 22.8 Å². The number of halogens is 1. The highest BCUT2D eigenvalue weighted by atomic mass is 35.5. The number of aliphatic imine (C=N–C) groups is 2. The van der Waals surface area contributed by atoms with Crippen molar-refractivity contribution in [3.05, 3.63) is 53.1 Å². The van der Waals surface area contributed by atoms with Crippen molar-refractivity contribution < 1.29 is 9.59 Å². The monoisotopic (exact) mass is 382 g/mol. The van der Waals surface area contributed by atoms with Gasteiger partial charge in [0.2, 0.25) is 5.29 Å². The van der Waals surface area contributed by atoms with Crippen molar-refractivity contribution in [3.8, 4) is 0 Å². The molecular formula is C18H11ClN4O2S. The molecule has 2 atom stereocenters. The second kappa shape index (κ2) is 5.62. The largest absolute Gasteiger partial charge is 0.352 e. The predicted octanol–water partition coefficient (Wildman–Crippen LogP) is 2.80. The topological polar surface area (TPSA) is 86.7 Å². The Kier molecular flexibility index (Phi) is 3.35. The van der Waals surface area contributed by atoms with Crippen LogP contribution in [0.2, 0.25) is 0 Å². The Morgan fingerprint density at radius 1 is 1.12 bits per heavy atom. The maximum Gasteiger partial charge on any atom is 0.260 e. The summed E-state index contributed by atoms with van der Waals surface area (Å²) in [6.45, 7) is 0. The molecule has 0 fully saturated rings. The molecular weight excluding hydrogens is 372 g/mol. The van der Waals surface area contributed by atoms with Crippen LogP contribution in [0.1, 0.15) is 5.56 Å². The molecule has 26 heavy (non-hydrogen) atoms. The lowest BCUT2D eigenvalue weighted by atomic mass is 9.84. The van der Waals surface area contributed by atoms with E-state index < -0.39 is 11.8 Å². The number of aromatic amines is 1. The maximum atomic E-state index is 12.6. The van der Waals surface area contributed by atoms with E-state index in [2.05, 4.69) is 20.3 Å². The first-order valence-corrected chi connectivity index (χ1v) is 9.21. The quantitative estimate of drug-likeness (QED) is 0.618. The van der Waals surface area contributed by atoms with E-state index >= 15 is 0 Å². The van der Waals surface area contributed by atoms with Crippen molar-refractivity contribution >= 4 is 61.5 Å². The minimum atomic E-state index is -0.457. The highest BCUT2D eigenvalue weighted by Crippen LogP contribution is 2.36. The van der Waals surface area contributed by atoms with Crippen LogP contribution < -0.4 is 5.32 Å². The van der Waals surface area contributed by atoms with Crippen LogP contribution in [-0.4, -0.2) is 33.8 Å². The molecule has 128 valence electrons. The zero-order chi connectivity index (χ0) is 17.8. The molecule has 0 saturated heterocycles. The fraction of sp³-hybridized carbons (Fsp3) is 0.111. The molecule has 8 heteroatoms. The fourth-order valence-electron chi connectivity index (χ4n) is 3.53. The van der Waals surface area contributed by atoms with Gasteiger partial charge in [0.15, 0.2) is 0 Å². The molecule has 4 heterocycles. The lowest BCUT2D eigenvalue weighted by Crippen LogP contribution is -2.34. The number of amidine groups is 1. The molecule has 0 saturated carbocycles. The van der Waals surface area contributed by atoms with Gasteiger partial charge in [0.05, 0.1) is 22.9 Å². The first-order valence-electron chi connectivity index (χ1n) is 7.95. The molecule has 0 bridgehead atoms. The standard InChI is InChI=1S/C18H11ClN4O2S/c19-18-21-11-4-2-1-3-9(11)14(22-18)13-12(15(24)23-16(13)25)10-7-20-17-8(10)5-6-26-17/h1-7,9,11,20H,(H,23,24,25). The Morgan fingerprint density at radius 3 is 2.81 bits per heavy atom. The second-order valence-corrected chi connectivity index (χ2v) is 7.33. The number of hydrogen-bond acceptors (Lipinski definition) is 5. The summed E-state index contributed by atoms with van der Waals surface area (Å²) in [5, 5.41) is 5.32. The van der Waals surface area contributed by atoms with Crippen molar-refractivity contribution in [3.63, 3.8) is 0 Å². The van der Waals surface area contributed by atoms with Gasteiger partial charge in [-0.1, -0.05) is 24.3 Å². The zero-order valence-electron chi connectivity index (χ0n) is 13.2. The van der Waals surface area contributed by atoms with E-state index in [0.717, 1.165) is 10.2 Å². The van der Waals surface area contributed by atoms with Crippen LogP contribution in [0.3, 0.4) is 0 Å². The maximum absolute atomic E-state index is 12.6. The van der Waals surface area contributed by atoms with Crippen LogP contribution in [0.15, 0.2) is 57.5 Å². The minimum Gasteiger partial charge on any atom is -0.352 e. The van der Waals surface area contributed by atoms with E-state index in [9.17, 15) is 9.59 Å². The molecule has 2 amide bonds.